The van der Waals surface area contributed by atoms with Crippen molar-refractivity contribution in [3.8, 4) is 0 Å². The zero-order valence-corrected chi connectivity index (χ0v) is 13.1. The molecule has 2 aliphatic rings. The first kappa shape index (κ1) is 15.2. The molecule has 0 spiro atoms. The van der Waals surface area contributed by atoms with Gasteiger partial charge in [0.25, 0.3) is 5.91 Å². The SMILES string of the molecule is CCC(=O)[C@H]1OCC2N=C(NC(=O)c3ccccc3)SCC21. The van der Waals surface area contributed by atoms with E-state index in [2.05, 4.69) is 10.3 Å². The molecule has 5 nitrogen and oxygen atoms in total. The third-order valence-electron chi connectivity index (χ3n) is 3.95. The molecule has 3 rings (SSSR count). The monoisotopic (exact) mass is 318 g/mol. The Balaban J connectivity index is 1.66. The van der Waals surface area contributed by atoms with E-state index < -0.39 is 0 Å². The summed E-state index contributed by atoms with van der Waals surface area (Å²) in [5.74, 6) is 0.843. The van der Waals surface area contributed by atoms with E-state index in [-0.39, 0.29) is 29.8 Å². The summed E-state index contributed by atoms with van der Waals surface area (Å²) in [5.41, 5.74) is 0.606. The molecular weight excluding hydrogens is 300 g/mol. The second-order valence-corrected chi connectivity index (χ2v) is 6.38. The van der Waals surface area contributed by atoms with E-state index in [9.17, 15) is 9.59 Å². The number of nitrogens with zero attached hydrogens (tertiary/aromatic N) is 1. The summed E-state index contributed by atoms with van der Waals surface area (Å²) in [6.45, 7) is 2.30. The fourth-order valence-electron chi connectivity index (χ4n) is 2.71. The first-order valence-corrected chi connectivity index (χ1v) is 8.39. The van der Waals surface area contributed by atoms with Crippen LogP contribution >= 0.6 is 11.8 Å². The van der Waals surface area contributed by atoms with Gasteiger partial charge in [0, 0.05) is 23.7 Å². The van der Waals surface area contributed by atoms with E-state index in [4.69, 9.17) is 4.74 Å². The fourth-order valence-corrected chi connectivity index (χ4v) is 3.83. The van der Waals surface area contributed by atoms with Crippen molar-refractivity contribution >= 4 is 28.6 Å². The van der Waals surface area contributed by atoms with Gasteiger partial charge in [0.2, 0.25) is 0 Å². The Morgan fingerprint density at radius 2 is 2.14 bits per heavy atom. The van der Waals surface area contributed by atoms with E-state index in [0.717, 1.165) is 5.75 Å². The number of ketones is 1. The van der Waals surface area contributed by atoms with Gasteiger partial charge < -0.3 is 10.1 Å². The maximum Gasteiger partial charge on any atom is 0.257 e. The second-order valence-electron chi connectivity index (χ2n) is 5.37. The van der Waals surface area contributed by atoms with Crippen LogP contribution in [0.2, 0.25) is 0 Å². The standard InChI is InChI=1S/C16H18N2O3S/c1-2-13(19)14-11-9-22-16(17-12(11)8-21-14)18-15(20)10-6-4-3-5-7-10/h3-7,11-12,14H,2,8-9H2,1H3,(H,17,18,20)/t11?,12?,14-/m0/s1. The van der Waals surface area contributed by atoms with Gasteiger partial charge in [-0.15, -0.1) is 0 Å². The molecule has 2 aliphatic heterocycles. The number of fused-ring (bicyclic) bond motifs is 1. The smallest absolute Gasteiger partial charge is 0.257 e. The van der Waals surface area contributed by atoms with Gasteiger partial charge in [-0.2, -0.15) is 0 Å². The average Bonchev–Trinajstić information content (AvgIpc) is 2.98. The van der Waals surface area contributed by atoms with Gasteiger partial charge in [0.05, 0.1) is 12.6 Å². The first-order valence-electron chi connectivity index (χ1n) is 7.40. The minimum atomic E-state index is -0.336. The lowest BCUT2D eigenvalue weighted by atomic mass is 9.95. The number of aliphatic imine (C=N–C) groups is 1. The molecule has 0 bridgehead atoms. The van der Waals surface area contributed by atoms with Crippen molar-refractivity contribution in [3.63, 3.8) is 0 Å². The Kier molecular flexibility index (Phi) is 4.59. The summed E-state index contributed by atoms with van der Waals surface area (Å²) in [5, 5.41) is 3.45. The summed E-state index contributed by atoms with van der Waals surface area (Å²) in [6.07, 6.45) is 0.150. The fraction of sp³-hybridized carbons (Fsp3) is 0.438. The molecule has 116 valence electrons. The van der Waals surface area contributed by atoms with Gasteiger partial charge in [0.1, 0.15) is 6.10 Å². The molecule has 0 aliphatic carbocycles. The van der Waals surface area contributed by atoms with Gasteiger partial charge in [-0.1, -0.05) is 36.9 Å². The van der Waals surface area contributed by atoms with Gasteiger partial charge in [-0.3, -0.25) is 14.6 Å². The van der Waals surface area contributed by atoms with Crippen molar-refractivity contribution in [2.75, 3.05) is 12.4 Å². The molecule has 0 saturated carbocycles. The highest BCUT2D eigenvalue weighted by Crippen LogP contribution is 2.33. The number of amides is 1. The van der Waals surface area contributed by atoms with Crippen molar-refractivity contribution < 1.29 is 14.3 Å². The maximum absolute atomic E-state index is 12.1. The summed E-state index contributed by atoms with van der Waals surface area (Å²) in [6, 6.07) is 9.02. The van der Waals surface area contributed by atoms with E-state index >= 15 is 0 Å². The van der Waals surface area contributed by atoms with Crippen molar-refractivity contribution in [2.45, 2.75) is 25.5 Å². The van der Waals surface area contributed by atoms with Gasteiger partial charge in [-0.05, 0) is 12.1 Å². The zero-order valence-electron chi connectivity index (χ0n) is 12.3. The molecule has 2 unspecified atom stereocenters. The lowest BCUT2D eigenvalue weighted by molar-refractivity contribution is -0.128. The molecule has 1 saturated heterocycles. The molecule has 2 heterocycles. The topological polar surface area (TPSA) is 67.8 Å². The Hall–Kier alpha value is -1.66. The molecule has 3 atom stereocenters. The van der Waals surface area contributed by atoms with Crippen LogP contribution in [0.25, 0.3) is 0 Å². The number of amidine groups is 1. The highest BCUT2D eigenvalue weighted by molar-refractivity contribution is 8.13. The second kappa shape index (κ2) is 6.62. The van der Waals surface area contributed by atoms with Crippen LogP contribution in [-0.4, -0.2) is 41.4 Å². The number of hydrogen-bond acceptors (Lipinski definition) is 5. The largest absolute Gasteiger partial charge is 0.368 e. The van der Waals surface area contributed by atoms with Gasteiger partial charge >= 0.3 is 0 Å². The van der Waals surface area contributed by atoms with Crippen LogP contribution in [0, 0.1) is 5.92 Å². The molecule has 1 N–H and O–H groups in total. The van der Waals surface area contributed by atoms with Crippen LogP contribution < -0.4 is 5.32 Å². The van der Waals surface area contributed by atoms with Gasteiger partial charge in [0.15, 0.2) is 11.0 Å². The summed E-state index contributed by atoms with van der Waals surface area (Å²) in [4.78, 5) is 28.5. The van der Waals surface area contributed by atoms with Crippen LogP contribution in [-0.2, 0) is 9.53 Å². The predicted molar refractivity (Wildman–Crippen MR) is 86.1 cm³/mol. The number of carbonyl (C=O) groups is 2. The van der Waals surface area contributed by atoms with Crippen molar-refractivity contribution in [1.29, 1.82) is 0 Å². The van der Waals surface area contributed by atoms with Crippen LogP contribution in [0.15, 0.2) is 35.3 Å². The molecule has 6 heteroatoms. The molecule has 22 heavy (non-hydrogen) atoms. The molecule has 0 radical (unpaired) electrons. The quantitative estimate of drug-likeness (QED) is 0.924. The third kappa shape index (κ3) is 3.08. The predicted octanol–water partition coefficient (Wildman–Crippen LogP) is 1.88. The molecule has 1 aromatic carbocycles. The normalized spacial score (nSPS) is 27.0. The number of ether oxygens (including phenoxy) is 1. The number of benzene rings is 1. The van der Waals surface area contributed by atoms with Crippen LogP contribution in [0.5, 0.6) is 0 Å². The number of nitrogens with one attached hydrogen (secondary N) is 1. The van der Waals surface area contributed by atoms with Gasteiger partial charge in [-0.25, -0.2) is 0 Å². The van der Waals surface area contributed by atoms with E-state index in [0.29, 0.717) is 23.8 Å². The van der Waals surface area contributed by atoms with Crippen molar-refractivity contribution in [3.05, 3.63) is 35.9 Å². The number of Topliss-reactive ketones (excluding diaryl/α,β-unsaturated/α-hetero) is 1. The lowest BCUT2D eigenvalue weighted by Gasteiger charge is -2.24. The summed E-state index contributed by atoms with van der Waals surface area (Å²) >= 11 is 1.48. The molecular formula is C16H18N2O3S. The van der Waals surface area contributed by atoms with E-state index in [1.54, 1.807) is 12.1 Å². The van der Waals surface area contributed by atoms with E-state index in [1.165, 1.54) is 11.8 Å². The average molecular weight is 318 g/mol. The van der Waals surface area contributed by atoms with Crippen molar-refractivity contribution in [2.24, 2.45) is 10.9 Å². The lowest BCUT2D eigenvalue weighted by Crippen LogP contribution is -2.38. The van der Waals surface area contributed by atoms with Crippen LogP contribution in [0.4, 0.5) is 0 Å². The summed E-state index contributed by atoms with van der Waals surface area (Å²) < 4.78 is 5.61. The van der Waals surface area contributed by atoms with Crippen LogP contribution in [0.1, 0.15) is 23.7 Å². The molecule has 1 aromatic rings. The highest BCUT2D eigenvalue weighted by Gasteiger charge is 2.43. The number of thioether (sulfide) groups is 1. The minimum absolute atomic E-state index is 0.0344. The molecule has 1 fully saturated rings. The minimum Gasteiger partial charge on any atom is -0.368 e. The number of hydrogen-bond donors (Lipinski definition) is 1. The highest BCUT2D eigenvalue weighted by atomic mass is 32.2. The van der Waals surface area contributed by atoms with Crippen LogP contribution in [0.3, 0.4) is 0 Å². The molecule has 1 amide bonds. The number of rotatable bonds is 3. The Morgan fingerprint density at radius 3 is 2.86 bits per heavy atom. The third-order valence-corrected chi connectivity index (χ3v) is 4.98. The Bertz CT molecular complexity index is 603. The first-order chi connectivity index (χ1) is 10.7. The molecule has 0 aromatic heterocycles. The Morgan fingerprint density at radius 1 is 1.36 bits per heavy atom. The zero-order chi connectivity index (χ0) is 15.5. The summed E-state index contributed by atoms with van der Waals surface area (Å²) in [7, 11) is 0. The maximum atomic E-state index is 12.1. The Labute approximate surface area is 133 Å². The van der Waals surface area contributed by atoms with E-state index in [1.807, 2.05) is 25.1 Å². The number of carbonyl (C=O) groups excluding carboxylic acids is 2. The van der Waals surface area contributed by atoms with Crippen molar-refractivity contribution in [1.82, 2.24) is 5.32 Å².